The number of pyridine rings is 2. The number of ether oxygens (including phenoxy) is 2. The highest BCUT2D eigenvalue weighted by Crippen LogP contribution is 2.24. The Morgan fingerprint density at radius 1 is 1.27 bits per heavy atom. The van der Waals surface area contributed by atoms with Crippen molar-refractivity contribution >= 4 is 34.3 Å². The zero-order valence-corrected chi connectivity index (χ0v) is 15.2. The molecule has 2 heterocycles. The molecule has 0 aliphatic heterocycles. The first-order chi connectivity index (χ1) is 12.0. The predicted molar refractivity (Wildman–Crippen MR) is 96.6 cm³/mol. The van der Waals surface area contributed by atoms with Gasteiger partial charge in [0.05, 0.1) is 24.2 Å². The van der Waals surface area contributed by atoms with Crippen molar-refractivity contribution in [3.8, 4) is 0 Å². The Kier molecular flexibility index (Phi) is 5.20. The molecule has 0 spiro atoms. The topological polar surface area (TPSA) is 140 Å². The summed E-state index contributed by atoms with van der Waals surface area (Å²) in [5.74, 6) is -1.47. The van der Waals surface area contributed by atoms with Gasteiger partial charge in [-0.1, -0.05) is 0 Å². The van der Waals surface area contributed by atoms with Crippen LogP contribution in [0.2, 0.25) is 0 Å². The number of nitrogens with two attached hydrogens (primary N) is 2. The monoisotopic (exact) mass is 362 g/mol. The smallest absolute Gasteiger partial charge is 0.343 e. The van der Waals surface area contributed by atoms with Gasteiger partial charge >= 0.3 is 11.9 Å². The van der Waals surface area contributed by atoms with Crippen LogP contribution in [0.3, 0.4) is 0 Å². The minimum absolute atomic E-state index is 0.0903. The minimum Gasteiger partial charge on any atom is -0.462 e. The summed E-state index contributed by atoms with van der Waals surface area (Å²) < 4.78 is 11.2. The van der Waals surface area contributed by atoms with E-state index in [0.717, 1.165) is 4.57 Å². The summed E-state index contributed by atoms with van der Waals surface area (Å²) in [7, 11) is 0. The van der Waals surface area contributed by atoms with Crippen LogP contribution in [-0.2, 0) is 20.8 Å². The fourth-order valence-electron chi connectivity index (χ4n) is 2.36. The SMILES string of the molecule is CCOC(=O)c1cc2c(N)c(N)cnc2n(CC(=O)OC(C)(C)C)c1=O. The summed E-state index contributed by atoms with van der Waals surface area (Å²) >= 11 is 0. The van der Waals surface area contributed by atoms with Gasteiger partial charge in [0.2, 0.25) is 0 Å². The van der Waals surface area contributed by atoms with Gasteiger partial charge in [-0.2, -0.15) is 0 Å². The van der Waals surface area contributed by atoms with Crippen molar-refractivity contribution in [1.82, 2.24) is 9.55 Å². The molecule has 140 valence electrons. The molecule has 0 aliphatic carbocycles. The summed E-state index contributed by atoms with van der Waals surface area (Å²) in [6.07, 6.45) is 1.28. The molecule has 4 N–H and O–H groups in total. The van der Waals surface area contributed by atoms with Crippen LogP contribution in [0.4, 0.5) is 11.4 Å². The lowest BCUT2D eigenvalue weighted by Crippen LogP contribution is -2.33. The van der Waals surface area contributed by atoms with E-state index in [1.54, 1.807) is 27.7 Å². The Morgan fingerprint density at radius 3 is 2.50 bits per heavy atom. The van der Waals surface area contributed by atoms with E-state index >= 15 is 0 Å². The number of anilines is 2. The van der Waals surface area contributed by atoms with E-state index < -0.39 is 29.6 Å². The second kappa shape index (κ2) is 7.03. The molecule has 0 saturated carbocycles. The Morgan fingerprint density at radius 2 is 1.92 bits per heavy atom. The first-order valence-electron chi connectivity index (χ1n) is 8.01. The maximum Gasteiger partial charge on any atom is 0.343 e. The summed E-state index contributed by atoms with van der Waals surface area (Å²) in [6, 6.07) is 1.28. The standard InChI is InChI=1S/C17H22N4O5/c1-5-25-16(24)10-6-9-13(19)11(18)7-20-14(9)21(15(10)23)8-12(22)26-17(2,3)4/h6-7H,5,8,18H2,1-4H3,(H2,19,20). The molecular formula is C17H22N4O5. The van der Waals surface area contributed by atoms with Crippen LogP contribution in [0.5, 0.6) is 0 Å². The van der Waals surface area contributed by atoms with Gasteiger partial charge < -0.3 is 20.9 Å². The zero-order valence-electron chi connectivity index (χ0n) is 15.2. The normalized spacial score (nSPS) is 11.4. The highest BCUT2D eigenvalue weighted by atomic mass is 16.6. The maximum atomic E-state index is 12.7. The van der Waals surface area contributed by atoms with E-state index in [2.05, 4.69) is 4.98 Å². The predicted octanol–water partition coefficient (Wildman–Crippen LogP) is 1.08. The number of hydrogen-bond acceptors (Lipinski definition) is 8. The second-order valence-electron chi connectivity index (χ2n) is 6.62. The lowest BCUT2D eigenvalue weighted by Gasteiger charge is -2.20. The molecular weight excluding hydrogens is 340 g/mol. The third kappa shape index (κ3) is 3.93. The highest BCUT2D eigenvalue weighted by Gasteiger charge is 2.23. The average Bonchev–Trinajstić information content (AvgIpc) is 2.51. The Bertz CT molecular complexity index is 927. The molecule has 0 radical (unpaired) electrons. The number of carbonyl (C=O) groups excluding carboxylic acids is 2. The van der Waals surface area contributed by atoms with Gasteiger partial charge in [0, 0.05) is 5.39 Å². The van der Waals surface area contributed by atoms with E-state index in [9.17, 15) is 14.4 Å². The summed E-state index contributed by atoms with van der Waals surface area (Å²) in [4.78, 5) is 41.2. The molecule has 26 heavy (non-hydrogen) atoms. The van der Waals surface area contributed by atoms with Gasteiger partial charge in [0.1, 0.15) is 23.4 Å². The van der Waals surface area contributed by atoms with Crippen molar-refractivity contribution in [3.63, 3.8) is 0 Å². The van der Waals surface area contributed by atoms with Gasteiger partial charge in [0.25, 0.3) is 5.56 Å². The van der Waals surface area contributed by atoms with Crippen LogP contribution >= 0.6 is 0 Å². The fourth-order valence-corrected chi connectivity index (χ4v) is 2.36. The van der Waals surface area contributed by atoms with Crippen molar-refractivity contribution in [2.75, 3.05) is 18.1 Å². The van der Waals surface area contributed by atoms with Crippen LogP contribution in [0.25, 0.3) is 11.0 Å². The van der Waals surface area contributed by atoms with Gasteiger partial charge in [-0.05, 0) is 33.8 Å². The van der Waals surface area contributed by atoms with E-state index in [4.69, 9.17) is 20.9 Å². The minimum atomic E-state index is -0.820. The van der Waals surface area contributed by atoms with Gasteiger partial charge in [0.15, 0.2) is 0 Å². The quantitative estimate of drug-likeness (QED) is 0.770. The molecule has 0 unspecified atom stereocenters. The second-order valence-corrected chi connectivity index (χ2v) is 6.62. The number of nitrogen functional groups attached to an aromatic ring is 2. The molecule has 0 aliphatic rings. The molecule has 0 saturated heterocycles. The molecule has 9 nitrogen and oxygen atoms in total. The number of hydrogen-bond donors (Lipinski definition) is 2. The molecule has 2 aromatic rings. The van der Waals surface area contributed by atoms with Crippen LogP contribution in [0.1, 0.15) is 38.1 Å². The molecule has 0 amide bonds. The molecule has 2 aromatic heterocycles. The number of aromatic nitrogens is 2. The number of rotatable bonds is 4. The van der Waals surface area contributed by atoms with Crippen molar-refractivity contribution in [3.05, 3.63) is 28.2 Å². The molecule has 0 fully saturated rings. The van der Waals surface area contributed by atoms with Crippen LogP contribution in [0, 0.1) is 0 Å². The third-order valence-electron chi connectivity index (χ3n) is 3.39. The molecule has 0 bridgehead atoms. The zero-order chi connectivity index (χ0) is 19.6. The van der Waals surface area contributed by atoms with Crippen molar-refractivity contribution in [2.45, 2.75) is 39.8 Å². The lowest BCUT2D eigenvalue weighted by atomic mass is 10.1. The summed E-state index contributed by atoms with van der Waals surface area (Å²) in [6.45, 7) is 6.39. The average molecular weight is 362 g/mol. The summed E-state index contributed by atoms with van der Waals surface area (Å²) in [5, 5.41) is 0.274. The first kappa shape index (κ1) is 19.2. The van der Waals surface area contributed by atoms with Crippen LogP contribution < -0.4 is 17.0 Å². The number of esters is 2. The molecule has 0 aromatic carbocycles. The summed E-state index contributed by atoms with van der Waals surface area (Å²) in [5.41, 5.74) is 10.5. The van der Waals surface area contributed by atoms with Crippen LogP contribution in [-0.4, -0.2) is 33.7 Å². The Hall–Kier alpha value is -3.10. The molecule has 2 rings (SSSR count). The highest BCUT2D eigenvalue weighted by molar-refractivity contribution is 5.99. The van der Waals surface area contributed by atoms with E-state index in [1.807, 2.05) is 0 Å². The number of carbonyl (C=O) groups is 2. The third-order valence-corrected chi connectivity index (χ3v) is 3.39. The lowest BCUT2D eigenvalue weighted by molar-refractivity contribution is -0.155. The van der Waals surface area contributed by atoms with E-state index in [-0.39, 0.29) is 34.6 Å². The van der Waals surface area contributed by atoms with Gasteiger partial charge in [-0.15, -0.1) is 0 Å². The first-order valence-corrected chi connectivity index (χ1v) is 8.01. The largest absolute Gasteiger partial charge is 0.462 e. The van der Waals surface area contributed by atoms with E-state index in [0.29, 0.717) is 0 Å². The van der Waals surface area contributed by atoms with Crippen molar-refractivity contribution in [2.24, 2.45) is 0 Å². The van der Waals surface area contributed by atoms with Gasteiger partial charge in [-0.3, -0.25) is 14.2 Å². The van der Waals surface area contributed by atoms with E-state index in [1.165, 1.54) is 12.3 Å². The van der Waals surface area contributed by atoms with Gasteiger partial charge in [-0.25, -0.2) is 9.78 Å². The van der Waals surface area contributed by atoms with Crippen LogP contribution in [0.15, 0.2) is 17.1 Å². The Labute approximate surface area is 149 Å². The number of fused-ring (bicyclic) bond motifs is 1. The molecule has 0 atom stereocenters. The number of nitrogens with zero attached hydrogens (tertiary/aromatic N) is 2. The fraction of sp³-hybridized carbons (Fsp3) is 0.412. The van der Waals surface area contributed by atoms with Crippen molar-refractivity contribution in [1.29, 1.82) is 0 Å². The molecule has 9 heteroatoms. The van der Waals surface area contributed by atoms with Crippen molar-refractivity contribution < 1.29 is 19.1 Å². The maximum absolute atomic E-state index is 12.7. The Balaban J connectivity index is 2.68.